The summed E-state index contributed by atoms with van der Waals surface area (Å²) >= 11 is 1.71. The number of amides is 1. The second-order valence-corrected chi connectivity index (χ2v) is 5.94. The van der Waals surface area contributed by atoms with Crippen LogP contribution < -0.4 is 0 Å². The van der Waals surface area contributed by atoms with E-state index in [2.05, 4.69) is 10.3 Å². The Bertz CT molecular complexity index is 464. The van der Waals surface area contributed by atoms with E-state index in [-0.39, 0.29) is 18.1 Å². The van der Waals surface area contributed by atoms with Gasteiger partial charge < -0.3 is 9.64 Å². The minimum absolute atomic E-state index is 0.0566. The summed E-state index contributed by atoms with van der Waals surface area (Å²) in [7, 11) is 0. The monoisotopic (exact) mass is 282 g/mol. The summed E-state index contributed by atoms with van der Waals surface area (Å²) in [5.41, 5.74) is 1.03. The molecule has 1 fully saturated rings. The van der Waals surface area contributed by atoms with Crippen LogP contribution in [0.25, 0.3) is 0 Å². The van der Waals surface area contributed by atoms with Crippen LogP contribution in [0.15, 0.2) is 6.20 Å². The first kappa shape index (κ1) is 12.9. The van der Waals surface area contributed by atoms with Crippen molar-refractivity contribution in [2.24, 2.45) is 0 Å². The summed E-state index contributed by atoms with van der Waals surface area (Å²) < 4.78 is 7.82. The topological polar surface area (TPSA) is 60.3 Å². The van der Waals surface area contributed by atoms with Crippen LogP contribution in [-0.2, 0) is 16.1 Å². The lowest BCUT2D eigenvalue weighted by atomic mass is 10.00. The zero-order chi connectivity index (χ0) is 13.2. The molecule has 2 aliphatic heterocycles. The number of carbonyl (C=O) groups is 1. The van der Waals surface area contributed by atoms with Crippen molar-refractivity contribution >= 4 is 17.7 Å². The number of hydrogen-bond donors (Lipinski definition) is 0. The van der Waals surface area contributed by atoms with Gasteiger partial charge in [-0.05, 0) is 12.7 Å². The molecule has 0 aliphatic carbocycles. The predicted octanol–water partition coefficient (Wildman–Crippen LogP) is 0.703. The van der Waals surface area contributed by atoms with E-state index < -0.39 is 0 Å². The van der Waals surface area contributed by atoms with Crippen molar-refractivity contribution in [1.29, 1.82) is 0 Å². The Morgan fingerprint density at radius 1 is 1.63 bits per heavy atom. The Balaban J connectivity index is 1.65. The summed E-state index contributed by atoms with van der Waals surface area (Å²) in [5.74, 6) is 1.12. The summed E-state index contributed by atoms with van der Waals surface area (Å²) in [5, 5.41) is 8.08. The van der Waals surface area contributed by atoms with Gasteiger partial charge in [-0.25, -0.2) is 4.68 Å². The van der Waals surface area contributed by atoms with Gasteiger partial charge in [0.1, 0.15) is 0 Å². The number of hydrogen-bond acceptors (Lipinski definition) is 5. The molecule has 0 saturated carbocycles. The maximum Gasteiger partial charge on any atom is 0.223 e. The van der Waals surface area contributed by atoms with E-state index in [0.717, 1.165) is 24.4 Å². The highest BCUT2D eigenvalue weighted by Gasteiger charge is 2.37. The quantitative estimate of drug-likeness (QED) is 0.817. The van der Waals surface area contributed by atoms with Crippen LogP contribution in [0.4, 0.5) is 0 Å². The number of rotatable bonds is 3. The highest BCUT2D eigenvalue weighted by molar-refractivity contribution is 7.98. The van der Waals surface area contributed by atoms with Crippen molar-refractivity contribution in [3.63, 3.8) is 0 Å². The van der Waals surface area contributed by atoms with Gasteiger partial charge in [0.15, 0.2) is 0 Å². The van der Waals surface area contributed by atoms with Gasteiger partial charge >= 0.3 is 0 Å². The molecule has 0 radical (unpaired) electrons. The minimum Gasteiger partial charge on any atom is -0.368 e. The number of fused-ring (bicyclic) bond motifs is 3. The summed E-state index contributed by atoms with van der Waals surface area (Å²) in [6.07, 6.45) is 5.35. The Labute approximate surface area is 116 Å². The molecule has 3 rings (SSSR count). The van der Waals surface area contributed by atoms with Gasteiger partial charge in [0.2, 0.25) is 5.91 Å². The maximum absolute atomic E-state index is 12.0. The van der Waals surface area contributed by atoms with Crippen molar-refractivity contribution < 1.29 is 9.53 Å². The molecular weight excluding hydrogens is 264 g/mol. The smallest absolute Gasteiger partial charge is 0.223 e. The molecular formula is C12H18N4O2S. The third-order valence-electron chi connectivity index (χ3n) is 3.81. The molecule has 0 N–H and O–H groups in total. The van der Waals surface area contributed by atoms with E-state index in [0.29, 0.717) is 19.6 Å². The summed E-state index contributed by atoms with van der Waals surface area (Å²) in [6, 6.07) is 0.232. The molecule has 7 heteroatoms. The average Bonchev–Trinajstić information content (AvgIpc) is 2.92. The largest absolute Gasteiger partial charge is 0.368 e. The van der Waals surface area contributed by atoms with Crippen LogP contribution in [0.3, 0.4) is 0 Å². The van der Waals surface area contributed by atoms with Crippen molar-refractivity contribution in [2.75, 3.05) is 25.1 Å². The van der Waals surface area contributed by atoms with E-state index in [4.69, 9.17) is 4.74 Å². The third-order valence-corrected chi connectivity index (χ3v) is 4.42. The first-order valence-electron chi connectivity index (χ1n) is 6.57. The average molecular weight is 282 g/mol. The van der Waals surface area contributed by atoms with Gasteiger partial charge in [-0.3, -0.25) is 4.79 Å². The van der Waals surface area contributed by atoms with Crippen molar-refractivity contribution in [3.8, 4) is 0 Å². The van der Waals surface area contributed by atoms with Crippen molar-refractivity contribution in [1.82, 2.24) is 19.9 Å². The minimum atomic E-state index is 0.0566. The van der Waals surface area contributed by atoms with E-state index in [1.54, 1.807) is 18.0 Å². The number of thioether (sulfide) groups is 1. The van der Waals surface area contributed by atoms with Gasteiger partial charge in [-0.15, -0.1) is 5.10 Å². The Morgan fingerprint density at radius 3 is 3.37 bits per heavy atom. The Hall–Kier alpha value is -1.08. The Morgan fingerprint density at radius 2 is 2.53 bits per heavy atom. The van der Waals surface area contributed by atoms with E-state index >= 15 is 0 Å². The molecule has 6 nitrogen and oxygen atoms in total. The standard InChI is InChI=1S/C12H18N4O2S/c1-19-5-3-12(17)15-4-2-10-11(7-15)18-8-9-6-13-14-16(9)10/h6,10-11H,2-5,7-8H2,1H3/t10-,11-/m0/s1. The zero-order valence-corrected chi connectivity index (χ0v) is 11.8. The Kier molecular flexibility index (Phi) is 3.74. The molecule has 1 aromatic heterocycles. The lowest BCUT2D eigenvalue weighted by molar-refractivity contribution is -0.139. The van der Waals surface area contributed by atoms with Crippen LogP contribution in [0.1, 0.15) is 24.6 Å². The normalized spacial score (nSPS) is 25.8. The molecule has 0 unspecified atom stereocenters. The SMILES string of the molecule is CSCCC(=O)N1CC[C@H]2[C@H](C1)OCc1cnnn12. The van der Waals surface area contributed by atoms with E-state index in [1.807, 2.05) is 15.8 Å². The van der Waals surface area contributed by atoms with Crippen molar-refractivity contribution in [3.05, 3.63) is 11.9 Å². The first-order chi connectivity index (χ1) is 9.29. The zero-order valence-electron chi connectivity index (χ0n) is 11.0. The highest BCUT2D eigenvalue weighted by Crippen LogP contribution is 2.30. The fourth-order valence-electron chi connectivity index (χ4n) is 2.76. The highest BCUT2D eigenvalue weighted by atomic mass is 32.2. The number of nitrogens with zero attached hydrogens (tertiary/aromatic N) is 4. The van der Waals surface area contributed by atoms with Crippen LogP contribution >= 0.6 is 11.8 Å². The molecule has 1 aromatic rings. The molecule has 2 aliphatic rings. The second kappa shape index (κ2) is 5.50. The van der Waals surface area contributed by atoms with Gasteiger partial charge in [0.25, 0.3) is 0 Å². The molecule has 0 bridgehead atoms. The fourth-order valence-corrected chi connectivity index (χ4v) is 3.14. The number of aromatic nitrogens is 3. The van der Waals surface area contributed by atoms with Crippen LogP contribution in [-0.4, -0.2) is 57.0 Å². The van der Waals surface area contributed by atoms with Gasteiger partial charge in [-0.2, -0.15) is 11.8 Å². The predicted molar refractivity (Wildman–Crippen MR) is 71.8 cm³/mol. The van der Waals surface area contributed by atoms with Gasteiger partial charge in [0.05, 0.1) is 30.6 Å². The first-order valence-corrected chi connectivity index (χ1v) is 7.96. The molecule has 0 aromatic carbocycles. The molecule has 104 valence electrons. The van der Waals surface area contributed by atoms with Crippen LogP contribution in [0.5, 0.6) is 0 Å². The molecule has 3 heterocycles. The number of carbonyl (C=O) groups excluding carboxylic acids is 1. The molecule has 1 amide bonds. The number of piperidine rings is 1. The van der Waals surface area contributed by atoms with E-state index in [9.17, 15) is 4.79 Å². The number of ether oxygens (including phenoxy) is 1. The number of likely N-dealkylation sites (tertiary alicyclic amines) is 1. The molecule has 2 atom stereocenters. The second-order valence-electron chi connectivity index (χ2n) is 4.96. The van der Waals surface area contributed by atoms with Crippen molar-refractivity contribution in [2.45, 2.75) is 31.6 Å². The van der Waals surface area contributed by atoms with Gasteiger partial charge in [-0.1, -0.05) is 5.21 Å². The third kappa shape index (κ3) is 2.49. The van der Waals surface area contributed by atoms with Crippen LogP contribution in [0, 0.1) is 0 Å². The fraction of sp³-hybridized carbons (Fsp3) is 0.750. The maximum atomic E-state index is 12.0. The lowest BCUT2D eigenvalue weighted by Gasteiger charge is -2.41. The molecule has 0 spiro atoms. The molecule has 1 saturated heterocycles. The molecule has 19 heavy (non-hydrogen) atoms. The summed E-state index contributed by atoms with van der Waals surface area (Å²) in [4.78, 5) is 14.0. The van der Waals surface area contributed by atoms with Crippen LogP contribution in [0.2, 0.25) is 0 Å². The van der Waals surface area contributed by atoms with E-state index in [1.165, 1.54) is 0 Å². The summed E-state index contributed by atoms with van der Waals surface area (Å²) in [6.45, 7) is 2.01. The lowest BCUT2D eigenvalue weighted by Crippen LogP contribution is -2.50. The van der Waals surface area contributed by atoms with Gasteiger partial charge in [0, 0.05) is 25.3 Å².